The fourth-order valence-electron chi connectivity index (χ4n) is 2.73. The molecule has 0 unspecified atom stereocenters. The van der Waals surface area contributed by atoms with Gasteiger partial charge in [0.15, 0.2) is 0 Å². The molecule has 1 saturated heterocycles. The summed E-state index contributed by atoms with van der Waals surface area (Å²) >= 11 is 0. The van der Waals surface area contributed by atoms with Crippen LogP contribution in [0.4, 0.5) is 0 Å². The number of sulfonamides is 1. The van der Waals surface area contributed by atoms with Crippen LogP contribution in [0.15, 0.2) is 24.4 Å². The SMILES string of the molecule is CN(CCC(=O)N1C[C@H](C(=O)O)[C@@H](c2ccccn2)C1)S(C)(=O)=O. The molecule has 1 fully saturated rings. The van der Waals surface area contributed by atoms with Crippen molar-refractivity contribution in [1.29, 1.82) is 0 Å². The number of pyridine rings is 1. The second-order valence-corrected chi connectivity index (χ2v) is 8.03. The monoisotopic (exact) mass is 355 g/mol. The number of likely N-dealkylation sites (tertiary alicyclic amines) is 1. The molecule has 9 heteroatoms. The number of rotatable bonds is 6. The first-order valence-corrected chi connectivity index (χ1v) is 9.38. The molecule has 0 saturated carbocycles. The van der Waals surface area contributed by atoms with Crippen LogP contribution in [0, 0.1) is 5.92 Å². The van der Waals surface area contributed by atoms with Gasteiger partial charge in [0.25, 0.3) is 0 Å². The molecule has 0 bridgehead atoms. The predicted molar refractivity (Wildman–Crippen MR) is 86.8 cm³/mol. The van der Waals surface area contributed by atoms with E-state index in [1.807, 2.05) is 0 Å². The number of carboxylic acid groups (broad SMARTS) is 1. The van der Waals surface area contributed by atoms with E-state index in [-0.39, 0.29) is 37.9 Å². The molecule has 0 aliphatic carbocycles. The fourth-order valence-corrected chi connectivity index (χ4v) is 3.15. The lowest BCUT2D eigenvalue weighted by Crippen LogP contribution is -2.34. The first-order valence-electron chi connectivity index (χ1n) is 7.53. The van der Waals surface area contributed by atoms with Crippen LogP contribution in [-0.4, -0.2) is 72.5 Å². The molecule has 1 amide bonds. The second-order valence-electron chi connectivity index (χ2n) is 5.94. The average molecular weight is 355 g/mol. The van der Waals surface area contributed by atoms with Gasteiger partial charge in [-0.1, -0.05) is 6.07 Å². The third-order valence-corrected chi connectivity index (χ3v) is 5.58. The van der Waals surface area contributed by atoms with Crippen molar-refractivity contribution in [3.05, 3.63) is 30.1 Å². The van der Waals surface area contributed by atoms with E-state index in [1.54, 1.807) is 24.4 Å². The number of nitrogens with zero attached hydrogens (tertiary/aromatic N) is 3. The number of carbonyl (C=O) groups is 2. The first kappa shape index (κ1) is 18.3. The molecule has 2 rings (SSSR count). The molecule has 1 aliphatic rings. The zero-order valence-corrected chi connectivity index (χ0v) is 14.4. The molecule has 1 aromatic heterocycles. The lowest BCUT2D eigenvalue weighted by molar-refractivity contribution is -0.141. The van der Waals surface area contributed by atoms with Gasteiger partial charge >= 0.3 is 5.97 Å². The Kier molecular flexibility index (Phi) is 5.55. The molecule has 2 heterocycles. The van der Waals surface area contributed by atoms with Gasteiger partial charge in [0, 0.05) is 50.9 Å². The number of aliphatic carboxylic acids is 1. The average Bonchev–Trinajstić information content (AvgIpc) is 2.97. The summed E-state index contributed by atoms with van der Waals surface area (Å²) in [6.07, 6.45) is 2.69. The van der Waals surface area contributed by atoms with Crippen molar-refractivity contribution >= 4 is 21.9 Å². The van der Waals surface area contributed by atoms with Crippen LogP contribution in [0.25, 0.3) is 0 Å². The normalized spacial score (nSPS) is 21.2. The van der Waals surface area contributed by atoms with Crippen molar-refractivity contribution in [3.8, 4) is 0 Å². The molecule has 2 atom stereocenters. The van der Waals surface area contributed by atoms with E-state index in [4.69, 9.17) is 0 Å². The molecule has 0 spiro atoms. The van der Waals surface area contributed by atoms with Crippen LogP contribution >= 0.6 is 0 Å². The van der Waals surface area contributed by atoms with Gasteiger partial charge in [0.2, 0.25) is 15.9 Å². The van der Waals surface area contributed by atoms with Crippen molar-refractivity contribution in [2.75, 3.05) is 32.9 Å². The number of carboxylic acids is 1. The minimum Gasteiger partial charge on any atom is -0.481 e. The quantitative estimate of drug-likeness (QED) is 0.769. The van der Waals surface area contributed by atoms with Gasteiger partial charge < -0.3 is 10.0 Å². The second kappa shape index (κ2) is 7.27. The van der Waals surface area contributed by atoms with Crippen LogP contribution < -0.4 is 0 Å². The minimum atomic E-state index is -3.34. The molecule has 24 heavy (non-hydrogen) atoms. The van der Waals surface area contributed by atoms with Crippen LogP contribution in [0.2, 0.25) is 0 Å². The number of hydrogen-bond donors (Lipinski definition) is 1. The van der Waals surface area contributed by atoms with Gasteiger partial charge in [-0.3, -0.25) is 14.6 Å². The Morgan fingerprint density at radius 1 is 1.38 bits per heavy atom. The Balaban J connectivity index is 2.05. The van der Waals surface area contributed by atoms with Crippen LogP contribution in [-0.2, 0) is 19.6 Å². The van der Waals surface area contributed by atoms with E-state index in [1.165, 1.54) is 11.9 Å². The third-order valence-electron chi connectivity index (χ3n) is 4.26. The number of aromatic nitrogens is 1. The molecule has 1 aromatic rings. The Morgan fingerprint density at radius 2 is 2.08 bits per heavy atom. The van der Waals surface area contributed by atoms with Crippen molar-refractivity contribution in [2.45, 2.75) is 12.3 Å². The summed E-state index contributed by atoms with van der Waals surface area (Å²) in [4.78, 5) is 29.5. The van der Waals surface area contributed by atoms with Gasteiger partial charge in [-0.05, 0) is 12.1 Å². The largest absolute Gasteiger partial charge is 0.481 e. The molecule has 1 aliphatic heterocycles. The smallest absolute Gasteiger partial charge is 0.309 e. The van der Waals surface area contributed by atoms with Gasteiger partial charge in [-0.25, -0.2) is 12.7 Å². The molecule has 132 valence electrons. The summed E-state index contributed by atoms with van der Waals surface area (Å²) in [5.41, 5.74) is 0.647. The van der Waals surface area contributed by atoms with Crippen LogP contribution in [0.3, 0.4) is 0 Å². The molecular weight excluding hydrogens is 334 g/mol. The van der Waals surface area contributed by atoms with Gasteiger partial charge in [0.1, 0.15) is 0 Å². The maximum absolute atomic E-state index is 12.3. The van der Waals surface area contributed by atoms with E-state index < -0.39 is 21.9 Å². The van der Waals surface area contributed by atoms with E-state index in [9.17, 15) is 23.1 Å². The van der Waals surface area contributed by atoms with Crippen molar-refractivity contribution < 1.29 is 23.1 Å². The van der Waals surface area contributed by atoms with Crippen molar-refractivity contribution in [1.82, 2.24) is 14.2 Å². The Bertz CT molecular complexity index is 707. The summed E-state index contributed by atoms with van der Waals surface area (Å²) in [7, 11) is -1.94. The van der Waals surface area contributed by atoms with E-state index in [2.05, 4.69) is 4.98 Å². The maximum Gasteiger partial charge on any atom is 0.309 e. The van der Waals surface area contributed by atoms with Crippen molar-refractivity contribution in [3.63, 3.8) is 0 Å². The highest BCUT2D eigenvalue weighted by molar-refractivity contribution is 7.88. The topological polar surface area (TPSA) is 108 Å². The first-order chi connectivity index (χ1) is 11.2. The molecule has 1 N–H and O–H groups in total. The maximum atomic E-state index is 12.3. The minimum absolute atomic E-state index is 0.0187. The highest BCUT2D eigenvalue weighted by Gasteiger charge is 2.41. The predicted octanol–water partition coefficient (Wildman–Crippen LogP) is -0.0103. The lowest BCUT2D eigenvalue weighted by atomic mass is 9.93. The molecular formula is C15H21N3O5S. The summed E-state index contributed by atoms with van der Waals surface area (Å²) in [5.74, 6) is -2.29. The Hall–Kier alpha value is -2.00. The summed E-state index contributed by atoms with van der Waals surface area (Å²) in [6.45, 7) is 0.452. The van der Waals surface area contributed by atoms with Gasteiger partial charge in [0.05, 0.1) is 12.2 Å². The number of carbonyl (C=O) groups excluding carboxylic acids is 1. The lowest BCUT2D eigenvalue weighted by Gasteiger charge is -2.18. The Morgan fingerprint density at radius 3 is 2.62 bits per heavy atom. The third kappa shape index (κ3) is 4.30. The highest BCUT2D eigenvalue weighted by atomic mass is 32.2. The number of amides is 1. The summed E-state index contributed by atoms with van der Waals surface area (Å²) in [6, 6.07) is 5.29. The molecule has 0 radical (unpaired) electrons. The summed E-state index contributed by atoms with van der Waals surface area (Å²) in [5, 5.41) is 9.42. The summed E-state index contributed by atoms with van der Waals surface area (Å²) < 4.78 is 23.8. The molecule has 0 aromatic carbocycles. The Labute approximate surface area is 141 Å². The van der Waals surface area contributed by atoms with Gasteiger partial charge in [-0.15, -0.1) is 0 Å². The zero-order chi connectivity index (χ0) is 17.9. The molecule has 8 nitrogen and oxygen atoms in total. The zero-order valence-electron chi connectivity index (χ0n) is 13.6. The van der Waals surface area contributed by atoms with Crippen LogP contribution in [0.5, 0.6) is 0 Å². The fraction of sp³-hybridized carbons (Fsp3) is 0.533. The van der Waals surface area contributed by atoms with Crippen molar-refractivity contribution in [2.24, 2.45) is 5.92 Å². The van der Waals surface area contributed by atoms with E-state index in [0.717, 1.165) is 10.6 Å². The van der Waals surface area contributed by atoms with Crippen LogP contribution in [0.1, 0.15) is 18.0 Å². The van der Waals surface area contributed by atoms with Gasteiger partial charge in [-0.2, -0.15) is 0 Å². The van der Waals surface area contributed by atoms with E-state index in [0.29, 0.717) is 5.69 Å². The standard InChI is InChI=1S/C15H21N3O5S/c1-17(24(2,22)23)8-6-14(19)18-9-11(12(10-18)15(20)21)13-5-3-4-7-16-13/h3-5,7,11-12H,6,8-10H2,1-2H3,(H,20,21)/t11-,12-/m0/s1. The number of hydrogen-bond acceptors (Lipinski definition) is 5. The highest BCUT2D eigenvalue weighted by Crippen LogP contribution is 2.32. The van der Waals surface area contributed by atoms with E-state index >= 15 is 0 Å².